The fraction of sp³-hybridized carbons (Fsp3) is 0.389. The van der Waals surface area contributed by atoms with Crippen molar-refractivity contribution in [3.63, 3.8) is 0 Å². The van der Waals surface area contributed by atoms with Crippen molar-refractivity contribution in [1.29, 1.82) is 0 Å². The molecule has 2 aromatic rings. The first-order chi connectivity index (χ1) is 12.4. The number of amides is 1. The minimum atomic E-state index is -0.901. The molecular formula is C18H18Cl2N2O4. The Balaban J connectivity index is 1.58. The van der Waals surface area contributed by atoms with E-state index < -0.39 is 11.5 Å². The van der Waals surface area contributed by atoms with E-state index in [0.29, 0.717) is 46.5 Å². The van der Waals surface area contributed by atoms with Crippen LogP contribution in [0.1, 0.15) is 38.0 Å². The Kier molecular flexibility index (Phi) is 5.53. The normalized spacial score (nSPS) is 15.3. The molecule has 2 N–H and O–H groups in total. The highest BCUT2D eigenvalue weighted by atomic mass is 35.5. The quantitative estimate of drug-likeness (QED) is 0.734. The van der Waals surface area contributed by atoms with Gasteiger partial charge in [0, 0.05) is 23.4 Å². The van der Waals surface area contributed by atoms with Crippen LogP contribution in [0, 0.1) is 0 Å². The number of rotatable bonds is 7. The lowest BCUT2D eigenvalue weighted by molar-refractivity contribution is -0.140. The molecule has 3 rings (SSSR count). The van der Waals surface area contributed by atoms with Crippen LogP contribution in [0.4, 0.5) is 0 Å². The van der Waals surface area contributed by atoms with Crippen molar-refractivity contribution in [2.45, 2.75) is 44.1 Å². The maximum absolute atomic E-state index is 12.2. The fourth-order valence-electron chi connectivity index (χ4n) is 3.06. The van der Waals surface area contributed by atoms with Crippen molar-refractivity contribution in [1.82, 2.24) is 10.3 Å². The van der Waals surface area contributed by atoms with E-state index in [2.05, 4.69) is 10.3 Å². The van der Waals surface area contributed by atoms with Crippen LogP contribution < -0.4 is 5.32 Å². The molecule has 0 saturated heterocycles. The highest BCUT2D eigenvalue weighted by Crippen LogP contribution is 2.35. The van der Waals surface area contributed by atoms with Crippen LogP contribution in [0.15, 0.2) is 28.8 Å². The molecule has 0 bridgehead atoms. The van der Waals surface area contributed by atoms with Gasteiger partial charge in [-0.1, -0.05) is 23.2 Å². The van der Waals surface area contributed by atoms with Crippen molar-refractivity contribution in [3.8, 4) is 11.3 Å². The van der Waals surface area contributed by atoms with Gasteiger partial charge >= 0.3 is 5.97 Å². The van der Waals surface area contributed by atoms with Crippen molar-refractivity contribution in [2.75, 3.05) is 0 Å². The summed E-state index contributed by atoms with van der Waals surface area (Å²) in [6, 6.07) is 5.07. The third-order valence-electron chi connectivity index (χ3n) is 4.52. The summed E-state index contributed by atoms with van der Waals surface area (Å²) in [6.07, 6.45) is 4.33. The zero-order valence-corrected chi connectivity index (χ0v) is 15.4. The average Bonchev–Trinajstić information content (AvgIpc) is 2.99. The van der Waals surface area contributed by atoms with Gasteiger partial charge in [0.1, 0.15) is 0 Å². The van der Waals surface area contributed by atoms with Gasteiger partial charge in [-0.2, -0.15) is 0 Å². The van der Waals surface area contributed by atoms with E-state index in [4.69, 9.17) is 32.7 Å². The average molecular weight is 397 g/mol. The second-order valence-electron chi connectivity index (χ2n) is 6.49. The number of nitrogens with one attached hydrogen (secondary N) is 1. The number of aromatic nitrogens is 1. The summed E-state index contributed by atoms with van der Waals surface area (Å²) >= 11 is 12.0. The third kappa shape index (κ3) is 4.37. The maximum Gasteiger partial charge on any atom is 0.305 e. The molecule has 8 heteroatoms. The first-order valence-corrected chi connectivity index (χ1v) is 9.05. The standard InChI is InChI=1S/C18H18Cl2N2O4/c19-11-2-3-12(13(20)8-11)14-10-21-16(26-14)5-4-15(23)22-18(6-1-7-18)9-17(24)25/h2-3,8,10H,1,4-7,9H2,(H,22,23)(H,24,25). The van der Waals surface area contributed by atoms with Crippen molar-refractivity contribution in [3.05, 3.63) is 40.3 Å². The molecule has 1 aromatic heterocycles. The van der Waals surface area contributed by atoms with Gasteiger partial charge in [-0.3, -0.25) is 9.59 Å². The zero-order valence-electron chi connectivity index (χ0n) is 13.9. The Morgan fingerprint density at radius 1 is 1.31 bits per heavy atom. The molecule has 6 nitrogen and oxygen atoms in total. The number of carboxylic acid groups (broad SMARTS) is 1. The summed E-state index contributed by atoms with van der Waals surface area (Å²) in [6.45, 7) is 0. The van der Waals surface area contributed by atoms with Crippen LogP contribution in [0.3, 0.4) is 0 Å². The molecule has 1 aliphatic rings. The molecule has 0 spiro atoms. The molecule has 0 atom stereocenters. The van der Waals surface area contributed by atoms with E-state index in [1.165, 1.54) is 0 Å². The summed E-state index contributed by atoms with van der Waals surface area (Å²) in [5.41, 5.74) is 0.0794. The molecule has 0 radical (unpaired) electrons. The Bertz CT molecular complexity index is 830. The summed E-state index contributed by atoms with van der Waals surface area (Å²) in [5.74, 6) is -0.178. The Hall–Kier alpha value is -2.05. The topological polar surface area (TPSA) is 92.4 Å². The number of hydrogen-bond donors (Lipinski definition) is 2. The van der Waals surface area contributed by atoms with E-state index >= 15 is 0 Å². The van der Waals surface area contributed by atoms with E-state index in [-0.39, 0.29) is 18.7 Å². The molecule has 0 unspecified atom stereocenters. The number of aryl methyl sites for hydroxylation is 1. The molecule has 1 saturated carbocycles. The first-order valence-electron chi connectivity index (χ1n) is 8.30. The second kappa shape index (κ2) is 7.68. The second-order valence-corrected chi connectivity index (χ2v) is 7.34. The predicted octanol–water partition coefficient (Wildman–Crippen LogP) is 4.09. The van der Waals surface area contributed by atoms with Crippen molar-refractivity contribution in [2.24, 2.45) is 0 Å². The first kappa shape index (κ1) is 18.7. The zero-order chi connectivity index (χ0) is 18.7. The van der Waals surface area contributed by atoms with Gasteiger partial charge in [0.2, 0.25) is 5.91 Å². The van der Waals surface area contributed by atoms with Gasteiger partial charge in [0.15, 0.2) is 11.7 Å². The molecule has 26 heavy (non-hydrogen) atoms. The van der Waals surface area contributed by atoms with Crippen LogP contribution in [0.25, 0.3) is 11.3 Å². The SMILES string of the molecule is O=C(O)CC1(NC(=O)CCc2ncc(-c3ccc(Cl)cc3Cl)o2)CCC1. The minimum absolute atomic E-state index is 0.0447. The van der Waals surface area contributed by atoms with Gasteiger partial charge < -0.3 is 14.8 Å². The smallest absolute Gasteiger partial charge is 0.305 e. The number of hydrogen-bond acceptors (Lipinski definition) is 4. The van der Waals surface area contributed by atoms with Gasteiger partial charge in [0.25, 0.3) is 0 Å². The predicted molar refractivity (Wildman–Crippen MR) is 97.3 cm³/mol. The molecule has 1 heterocycles. The lowest BCUT2D eigenvalue weighted by Crippen LogP contribution is -2.54. The van der Waals surface area contributed by atoms with E-state index in [1.807, 2.05) is 0 Å². The van der Waals surface area contributed by atoms with Gasteiger partial charge in [-0.25, -0.2) is 4.98 Å². The molecular weight excluding hydrogens is 379 g/mol. The minimum Gasteiger partial charge on any atom is -0.481 e. The fourth-order valence-corrected chi connectivity index (χ4v) is 3.56. The summed E-state index contributed by atoms with van der Waals surface area (Å²) < 4.78 is 5.66. The third-order valence-corrected chi connectivity index (χ3v) is 5.07. The summed E-state index contributed by atoms with van der Waals surface area (Å²) in [5, 5.41) is 12.8. The number of carbonyl (C=O) groups is 2. The van der Waals surface area contributed by atoms with Gasteiger partial charge in [0.05, 0.1) is 23.2 Å². The largest absolute Gasteiger partial charge is 0.481 e. The number of benzene rings is 1. The highest BCUT2D eigenvalue weighted by molar-refractivity contribution is 6.36. The van der Waals surface area contributed by atoms with E-state index in [0.717, 1.165) is 6.42 Å². The Labute approximate surface area is 160 Å². The van der Waals surface area contributed by atoms with Crippen molar-refractivity contribution >= 4 is 35.1 Å². The van der Waals surface area contributed by atoms with Crippen LogP contribution in [0.2, 0.25) is 10.0 Å². The molecule has 0 aliphatic heterocycles. The molecule has 1 aromatic carbocycles. The van der Waals surface area contributed by atoms with Crippen LogP contribution in [-0.2, 0) is 16.0 Å². The monoisotopic (exact) mass is 396 g/mol. The Morgan fingerprint density at radius 3 is 2.69 bits per heavy atom. The summed E-state index contributed by atoms with van der Waals surface area (Å²) in [7, 11) is 0. The lowest BCUT2D eigenvalue weighted by Gasteiger charge is -2.41. The number of nitrogens with zero attached hydrogens (tertiary/aromatic N) is 1. The number of halogens is 2. The molecule has 1 fully saturated rings. The molecule has 1 amide bonds. The van der Waals surface area contributed by atoms with E-state index in [9.17, 15) is 9.59 Å². The Morgan fingerprint density at radius 2 is 2.08 bits per heavy atom. The van der Waals surface area contributed by atoms with E-state index in [1.54, 1.807) is 24.4 Å². The maximum atomic E-state index is 12.2. The number of oxazole rings is 1. The van der Waals surface area contributed by atoms with Crippen LogP contribution in [0.5, 0.6) is 0 Å². The van der Waals surface area contributed by atoms with Crippen LogP contribution in [-0.4, -0.2) is 27.5 Å². The van der Waals surface area contributed by atoms with Crippen molar-refractivity contribution < 1.29 is 19.1 Å². The van der Waals surface area contributed by atoms with Crippen LogP contribution >= 0.6 is 23.2 Å². The van der Waals surface area contributed by atoms with Gasteiger partial charge in [-0.05, 0) is 37.5 Å². The number of carbonyl (C=O) groups excluding carboxylic acids is 1. The summed E-state index contributed by atoms with van der Waals surface area (Å²) in [4.78, 5) is 27.3. The number of aliphatic carboxylic acids is 1. The molecule has 1 aliphatic carbocycles. The number of carboxylic acids is 1. The van der Waals surface area contributed by atoms with Gasteiger partial charge in [-0.15, -0.1) is 0 Å². The highest BCUT2D eigenvalue weighted by Gasteiger charge is 2.40. The lowest BCUT2D eigenvalue weighted by atomic mass is 9.74. The molecule has 138 valence electrons.